The molecule has 5 rings (SSSR count). The first-order valence-corrected chi connectivity index (χ1v) is 16.1. The first-order chi connectivity index (χ1) is 18.3. The average molecular weight is 699 g/mol. The Bertz CT molecular complexity index is 1370. The average Bonchev–Trinajstić information content (AvgIpc) is 3.46. The van der Waals surface area contributed by atoms with Crippen molar-refractivity contribution in [2.75, 3.05) is 0 Å². The SMILES string of the molecule is CCC1(C2c3cc(C)c(C(C)(C)C)cc3-c3cc(C(C)(C)C)c(C)cc32)CC(C(C)C)C2=C1C=C(C(C)(C)C)C2.[Cl-].[Cl-].[Zr+2]. The number of benzene rings is 2. The predicted molar refractivity (Wildman–Crippen MR) is 175 cm³/mol. The Hall–Kier alpha value is -0.617. The van der Waals surface area contributed by atoms with Crippen LogP contribution in [-0.4, -0.2) is 0 Å². The molecule has 0 spiro atoms. The second kappa shape index (κ2) is 12.5. The van der Waals surface area contributed by atoms with Crippen molar-refractivity contribution in [3.8, 4) is 11.1 Å². The molecule has 0 radical (unpaired) electrons. The van der Waals surface area contributed by atoms with Crippen LogP contribution in [0.3, 0.4) is 0 Å². The van der Waals surface area contributed by atoms with E-state index in [2.05, 4.69) is 127 Å². The minimum atomic E-state index is 0. The third-order valence-electron chi connectivity index (χ3n) is 10.9. The molecule has 0 fully saturated rings. The van der Waals surface area contributed by atoms with Gasteiger partial charge in [0.25, 0.3) is 0 Å². The second-order valence-corrected chi connectivity index (χ2v) is 17.0. The zero-order valence-electron chi connectivity index (χ0n) is 29.5. The predicted octanol–water partition coefficient (Wildman–Crippen LogP) is 5.76. The third kappa shape index (κ3) is 6.24. The summed E-state index contributed by atoms with van der Waals surface area (Å²) in [4.78, 5) is 0. The van der Waals surface area contributed by atoms with Crippen LogP contribution in [-0.2, 0) is 37.0 Å². The van der Waals surface area contributed by atoms with Crippen molar-refractivity contribution in [2.24, 2.45) is 22.7 Å². The summed E-state index contributed by atoms with van der Waals surface area (Å²) >= 11 is 0. The molecule has 0 N–H and O–H groups in total. The van der Waals surface area contributed by atoms with Gasteiger partial charge >= 0.3 is 26.2 Å². The van der Waals surface area contributed by atoms with Crippen molar-refractivity contribution in [1.82, 2.24) is 0 Å². The molecule has 0 nitrogen and oxygen atoms in total. The largest absolute Gasteiger partial charge is 2.00 e. The maximum Gasteiger partial charge on any atom is 2.00 e. The van der Waals surface area contributed by atoms with Crippen molar-refractivity contribution >= 4 is 0 Å². The van der Waals surface area contributed by atoms with Gasteiger partial charge in [-0.1, -0.05) is 125 Å². The molecular weight excluding hydrogens is 643 g/mol. The molecule has 0 heterocycles. The topological polar surface area (TPSA) is 0 Å². The molecule has 0 saturated heterocycles. The first-order valence-electron chi connectivity index (χ1n) is 16.1. The minimum absolute atomic E-state index is 0. The monoisotopic (exact) mass is 696 g/mol. The summed E-state index contributed by atoms with van der Waals surface area (Å²) in [6.45, 7) is 33.6. The number of hydrogen-bond donors (Lipinski definition) is 0. The van der Waals surface area contributed by atoms with Crippen LogP contribution in [0.2, 0.25) is 0 Å². The van der Waals surface area contributed by atoms with Gasteiger partial charge in [0.2, 0.25) is 0 Å². The Labute approximate surface area is 296 Å². The number of halogens is 2. The molecule has 2 atom stereocenters. The number of fused-ring (bicyclic) bond motifs is 3. The van der Waals surface area contributed by atoms with Crippen molar-refractivity contribution < 1.29 is 51.0 Å². The number of hydrogen-bond acceptors (Lipinski definition) is 0. The quantitative estimate of drug-likeness (QED) is 0.383. The second-order valence-electron chi connectivity index (χ2n) is 17.0. The van der Waals surface area contributed by atoms with E-state index >= 15 is 0 Å². The fourth-order valence-corrected chi connectivity index (χ4v) is 8.75. The Morgan fingerprint density at radius 2 is 1.19 bits per heavy atom. The van der Waals surface area contributed by atoms with Crippen LogP contribution in [0.1, 0.15) is 142 Å². The first kappa shape index (κ1) is 38.6. The van der Waals surface area contributed by atoms with Crippen LogP contribution in [0, 0.1) is 36.5 Å². The Balaban J connectivity index is 0.00000215. The fourth-order valence-electron chi connectivity index (χ4n) is 8.75. The molecular formula is C40H56Cl2Zr. The van der Waals surface area contributed by atoms with E-state index in [1.807, 2.05) is 0 Å². The summed E-state index contributed by atoms with van der Waals surface area (Å²) < 4.78 is 0. The van der Waals surface area contributed by atoms with Gasteiger partial charge in [0.15, 0.2) is 0 Å². The molecule has 0 aliphatic heterocycles. The Morgan fingerprint density at radius 1 is 0.744 bits per heavy atom. The number of rotatable bonds is 3. The van der Waals surface area contributed by atoms with Crippen molar-refractivity contribution in [3.05, 3.63) is 80.4 Å². The summed E-state index contributed by atoms with van der Waals surface area (Å²) in [5.41, 5.74) is 17.8. The van der Waals surface area contributed by atoms with Gasteiger partial charge in [0.05, 0.1) is 0 Å². The van der Waals surface area contributed by atoms with E-state index in [9.17, 15) is 0 Å². The maximum atomic E-state index is 2.69. The van der Waals surface area contributed by atoms with E-state index in [1.54, 1.807) is 27.8 Å². The normalized spacial score (nSPS) is 21.6. The molecule has 0 amide bonds. The van der Waals surface area contributed by atoms with Gasteiger partial charge in [-0.3, -0.25) is 0 Å². The molecule has 3 aliphatic carbocycles. The standard InChI is InChI=1S/C40H56.2ClH.Zr/c1-15-40(22-32(23(2)3)29-18-26(19-35(29)40)37(6,7)8)36-30-16-24(4)33(38(9,10)11)20-27(30)28-21-34(39(12,13)14)25(5)17-31(28)36;;;/h16-17,19-21,23,32,36H,15,18,22H2,1-14H3;2*1H;/q;;;+2/p-2. The Morgan fingerprint density at radius 3 is 1.53 bits per heavy atom. The van der Waals surface area contributed by atoms with Crippen LogP contribution in [0.4, 0.5) is 0 Å². The van der Waals surface area contributed by atoms with Crippen molar-refractivity contribution in [3.63, 3.8) is 0 Å². The molecule has 43 heavy (non-hydrogen) atoms. The van der Waals surface area contributed by atoms with Crippen LogP contribution in [0.25, 0.3) is 11.1 Å². The minimum Gasteiger partial charge on any atom is -1.00 e. The molecule has 3 aliphatic rings. The van der Waals surface area contributed by atoms with Gasteiger partial charge in [0, 0.05) is 11.3 Å². The summed E-state index contributed by atoms with van der Waals surface area (Å²) in [5, 5.41) is 0. The number of aryl methyl sites for hydroxylation is 2. The Kier molecular flexibility index (Phi) is 11.2. The zero-order valence-corrected chi connectivity index (χ0v) is 33.5. The van der Waals surface area contributed by atoms with E-state index < -0.39 is 0 Å². The molecule has 2 aromatic rings. The summed E-state index contributed by atoms with van der Waals surface area (Å²) in [6.07, 6.45) is 6.33. The zero-order chi connectivity index (χ0) is 29.7. The van der Waals surface area contributed by atoms with E-state index in [0.29, 0.717) is 17.8 Å². The summed E-state index contributed by atoms with van der Waals surface area (Å²) in [5.74, 6) is 1.75. The summed E-state index contributed by atoms with van der Waals surface area (Å²) in [7, 11) is 0. The van der Waals surface area contributed by atoms with E-state index in [1.165, 1.54) is 52.6 Å². The van der Waals surface area contributed by atoms with Crippen LogP contribution < -0.4 is 24.8 Å². The van der Waals surface area contributed by atoms with Gasteiger partial charge in [-0.05, 0) is 111 Å². The molecule has 0 saturated carbocycles. The van der Waals surface area contributed by atoms with E-state index in [-0.39, 0.29) is 72.7 Å². The van der Waals surface area contributed by atoms with Crippen LogP contribution in [0.5, 0.6) is 0 Å². The molecule has 0 aromatic heterocycles. The number of allylic oxidation sites excluding steroid dienone is 4. The summed E-state index contributed by atoms with van der Waals surface area (Å²) in [6, 6.07) is 10.4. The smallest absolute Gasteiger partial charge is 1.00 e. The van der Waals surface area contributed by atoms with Gasteiger partial charge < -0.3 is 24.8 Å². The molecule has 234 valence electrons. The van der Waals surface area contributed by atoms with Gasteiger partial charge in [-0.2, -0.15) is 0 Å². The maximum absolute atomic E-state index is 2.69. The van der Waals surface area contributed by atoms with E-state index in [0.717, 1.165) is 0 Å². The molecule has 2 unspecified atom stereocenters. The van der Waals surface area contributed by atoms with Gasteiger partial charge in [-0.15, -0.1) is 0 Å². The van der Waals surface area contributed by atoms with Crippen molar-refractivity contribution in [1.29, 1.82) is 0 Å². The van der Waals surface area contributed by atoms with Crippen LogP contribution in [0.15, 0.2) is 47.1 Å². The molecule has 3 heteroatoms. The fraction of sp³-hybridized carbons (Fsp3) is 0.600. The molecule has 0 bridgehead atoms. The van der Waals surface area contributed by atoms with Crippen LogP contribution >= 0.6 is 0 Å². The third-order valence-corrected chi connectivity index (χ3v) is 10.9. The van der Waals surface area contributed by atoms with Gasteiger partial charge in [0.1, 0.15) is 0 Å². The van der Waals surface area contributed by atoms with E-state index in [4.69, 9.17) is 0 Å². The van der Waals surface area contributed by atoms with Crippen molar-refractivity contribution in [2.45, 2.75) is 133 Å². The molecule has 2 aromatic carbocycles. The van der Waals surface area contributed by atoms with Gasteiger partial charge in [-0.25, -0.2) is 0 Å².